The van der Waals surface area contributed by atoms with Crippen molar-refractivity contribution in [2.75, 3.05) is 67.1 Å². The predicted molar refractivity (Wildman–Crippen MR) is 137 cm³/mol. The van der Waals surface area contributed by atoms with Gasteiger partial charge in [-0.25, -0.2) is 8.42 Å². The van der Waals surface area contributed by atoms with E-state index < -0.39 is 10.0 Å². The van der Waals surface area contributed by atoms with Crippen molar-refractivity contribution >= 4 is 15.9 Å². The zero-order chi connectivity index (χ0) is 25.6. The molecule has 10 heteroatoms. The third-order valence-electron chi connectivity index (χ3n) is 7.66. The number of carbonyl (C=O) groups is 1. The summed E-state index contributed by atoms with van der Waals surface area (Å²) in [5, 5.41) is 3.40. The topological polar surface area (TPSA) is 91.4 Å². The first-order valence-electron chi connectivity index (χ1n) is 12.8. The number of allylic oxidation sites excluding steroid dienone is 1. The average Bonchev–Trinajstić information content (AvgIpc) is 2.85. The SMILES string of the molecule is COC1C=C(C)C(S(=O)(=O)N(C)CCOCC(=O)N(C)C2CCC[C@H](N3CCNCC3)C2)=C(C)C1. The third-order valence-corrected chi connectivity index (χ3v) is 9.85. The quantitative estimate of drug-likeness (QED) is 0.445. The number of nitrogens with one attached hydrogen (secondary N) is 1. The largest absolute Gasteiger partial charge is 0.377 e. The molecular weight excluding hydrogens is 468 g/mol. The maximum absolute atomic E-state index is 13.2. The van der Waals surface area contributed by atoms with Gasteiger partial charge in [0.1, 0.15) is 6.61 Å². The van der Waals surface area contributed by atoms with E-state index in [2.05, 4.69) is 10.2 Å². The Hall–Kier alpha value is -1.30. The maximum atomic E-state index is 13.2. The summed E-state index contributed by atoms with van der Waals surface area (Å²) in [4.78, 5) is 17.5. The van der Waals surface area contributed by atoms with Gasteiger partial charge in [-0.05, 0) is 51.5 Å². The molecule has 2 fully saturated rings. The summed E-state index contributed by atoms with van der Waals surface area (Å²) >= 11 is 0. The second-order valence-corrected chi connectivity index (χ2v) is 12.1. The minimum Gasteiger partial charge on any atom is -0.377 e. The summed E-state index contributed by atoms with van der Waals surface area (Å²) in [6, 6.07) is 0.773. The summed E-state index contributed by atoms with van der Waals surface area (Å²) in [6.07, 6.45) is 6.69. The van der Waals surface area contributed by atoms with E-state index in [1.165, 1.54) is 10.7 Å². The van der Waals surface area contributed by atoms with Crippen LogP contribution in [0.4, 0.5) is 0 Å². The molecule has 3 rings (SSSR count). The van der Waals surface area contributed by atoms with Gasteiger partial charge in [-0.1, -0.05) is 11.6 Å². The first-order valence-corrected chi connectivity index (χ1v) is 14.2. The summed E-state index contributed by atoms with van der Waals surface area (Å²) < 4.78 is 38.6. The number of carbonyl (C=O) groups excluding carboxylic acids is 1. The van der Waals surface area contributed by atoms with Crippen LogP contribution in [0.15, 0.2) is 22.1 Å². The van der Waals surface area contributed by atoms with Crippen LogP contribution in [0, 0.1) is 0 Å². The van der Waals surface area contributed by atoms with Crippen LogP contribution in [-0.2, 0) is 24.3 Å². The molecule has 0 bridgehead atoms. The van der Waals surface area contributed by atoms with Crippen molar-refractivity contribution in [1.82, 2.24) is 19.4 Å². The highest BCUT2D eigenvalue weighted by Crippen LogP contribution is 2.31. The fourth-order valence-electron chi connectivity index (χ4n) is 5.52. The molecule has 0 aromatic carbocycles. The Morgan fingerprint density at radius 3 is 2.57 bits per heavy atom. The van der Waals surface area contributed by atoms with E-state index in [1.807, 2.05) is 24.9 Å². The van der Waals surface area contributed by atoms with Gasteiger partial charge < -0.3 is 19.7 Å². The highest BCUT2D eigenvalue weighted by atomic mass is 32.2. The summed E-state index contributed by atoms with van der Waals surface area (Å²) in [5.41, 5.74) is 1.50. The van der Waals surface area contributed by atoms with E-state index in [-0.39, 0.29) is 37.8 Å². The van der Waals surface area contributed by atoms with Crippen molar-refractivity contribution in [2.24, 2.45) is 0 Å². The number of hydrogen-bond donors (Lipinski definition) is 1. The monoisotopic (exact) mass is 512 g/mol. The molecule has 1 N–H and O–H groups in total. The Labute approximate surface area is 211 Å². The van der Waals surface area contributed by atoms with Crippen LogP contribution in [0.25, 0.3) is 0 Å². The number of methoxy groups -OCH3 is 1. The molecule has 1 saturated heterocycles. The molecule has 1 saturated carbocycles. The lowest BCUT2D eigenvalue weighted by Crippen LogP contribution is -2.52. The van der Waals surface area contributed by atoms with E-state index in [1.54, 1.807) is 21.1 Å². The van der Waals surface area contributed by atoms with Crippen molar-refractivity contribution in [3.63, 3.8) is 0 Å². The average molecular weight is 513 g/mol. The summed E-state index contributed by atoms with van der Waals surface area (Å²) in [6.45, 7) is 8.19. The Kier molecular flexibility index (Phi) is 10.3. The molecule has 0 aromatic heterocycles. The maximum Gasteiger partial charge on any atom is 0.248 e. The van der Waals surface area contributed by atoms with Gasteiger partial charge in [0.15, 0.2) is 0 Å². The van der Waals surface area contributed by atoms with Crippen LogP contribution in [0.1, 0.15) is 46.0 Å². The standard InChI is InChI=1S/C25H44N4O5S/c1-19-15-23(33-5)16-20(2)25(19)35(31,32)27(3)13-14-34-18-24(30)28(4)21-7-6-8-22(17-21)29-11-9-26-10-12-29/h15,21-23,26H,6-14,16-18H2,1-5H3/t21?,22-,23?/m0/s1. The van der Waals surface area contributed by atoms with Crippen LogP contribution in [-0.4, -0.2) is 114 Å². The lowest BCUT2D eigenvalue weighted by atomic mass is 9.88. The van der Waals surface area contributed by atoms with Gasteiger partial charge in [-0.3, -0.25) is 9.69 Å². The second-order valence-electron chi connectivity index (χ2n) is 10.1. The van der Waals surface area contributed by atoms with Gasteiger partial charge in [0.05, 0.1) is 17.6 Å². The number of ether oxygens (including phenoxy) is 2. The lowest BCUT2D eigenvalue weighted by molar-refractivity contribution is -0.138. The van der Waals surface area contributed by atoms with Crippen molar-refractivity contribution in [2.45, 2.75) is 64.1 Å². The number of likely N-dealkylation sites (N-methyl/N-ethyl adjacent to an activating group) is 2. The Morgan fingerprint density at radius 1 is 1.20 bits per heavy atom. The Balaban J connectivity index is 1.45. The highest BCUT2D eigenvalue weighted by molar-refractivity contribution is 7.93. The van der Waals surface area contributed by atoms with Gasteiger partial charge >= 0.3 is 0 Å². The van der Waals surface area contributed by atoms with Crippen molar-refractivity contribution in [3.05, 3.63) is 22.1 Å². The number of nitrogens with zero attached hydrogens (tertiary/aromatic N) is 3. The second kappa shape index (κ2) is 12.8. The molecule has 0 radical (unpaired) electrons. The van der Waals surface area contributed by atoms with Crippen LogP contribution in [0.3, 0.4) is 0 Å². The van der Waals surface area contributed by atoms with Crippen molar-refractivity contribution < 1.29 is 22.7 Å². The van der Waals surface area contributed by atoms with E-state index in [0.29, 0.717) is 22.9 Å². The zero-order valence-corrected chi connectivity index (χ0v) is 22.9. The molecule has 200 valence electrons. The number of piperazine rings is 1. The van der Waals surface area contributed by atoms with Gasteiger partial charge in [-0.15, -0.1) is 0 Å². The first-order chi connectivity index (χ1) is 16.6. The molecule has 3 aliphatic rings. The molecule has 0 spiro atoms. The minimum absolute atomic E-state index is 0.0324. The van der Waals surface area contributed by atoms with Crippen LogP contribution in [0.2, 0.25) is 0 Å². The van der Waals surface area contributed by atoms with Crippen molar-refractivity contribution in [1.29, 1.82) is 0 Å². The molecule has 1 heterocycles. The van der Waals surface area contributed by atoms with Crippen LogP contribution in [0.5, 0.6) is 0 Å². The predicted octanol–water partition coefficient (Wildman–Crippen LogP) is 1.58. The molecule has 1 amide bonds. The van der Waals surface area contributed by atoms with E-state index in [4.69, 9.17) is 9.47 Å². The summed E-state index contributed by atoms with van der Waals surface area (Å²) in [7, 11) is 1.41. The van der Waals surface area contributed by atoms with E-state index in [0.717, 1.165) is 51.0 Å². The third kappa shape index (κ3) is 7.14. The number of sulfonamides is 1. The Bertz CT molecular complexity index is 898. The molecule has 9 nitrogen and oxygen atoms in total. The normalized spacial score (nSPS) is 26.7. The lowest BCUT2D eigenvalue weighted by Gasteiger charge is -2.42. The zero-order valence-electron chi connectivity index (χ0n) is 22.1. The van der Waals surface area contributed by atoms with E-state index in [9.17, 15) is 13.2 Å². The number of amides is 1. The van der Waals surface area contributed by atoms with Gasteiger partial charge in [-0.2, -0.15) is 4.31 Å². The number of rotatable bonds is 10. The first kappa shape index (κ1) is 28.3. The highest BCUT2D eigenvalue weighted by Gasteiger charge is 2.32. The van der Waals surface area contributed by atoms with Crippen molar-refractivity contribution in [3.8, 4) is 0 Å². The number of hydrogen-bond acceptors (Lipinski definition) is 7. The van der Waals surface area contributed by atoms with Gasteiger partial charge in [0.25, 0.3) is 0 Å². The molecule has 3 atom stereocenters. The summed E-state index contributed by atoms with van der Waals surface area (Å²) in [5.74, 6) is -0.0447. The fourth-order valence-corrected chi connectivity index (χ4v) is 7.15. The Morgan fingerprint density at radius 2 is 1.91 bits per heavy atom. The van der Waals surface area contributed by atoms with Crippen LogP contribution >= 0.6 is 0 Å². The molecular formula is C25H44N4O5S. The molecule has 0 aromatic rings. The van der Waals surface area contributed by atoms with Gasteiger partial charge in [0, 0.05) is 66.0 Å². The minimum atomic E-state index is -3.64. The molecule has 35 heavy (non-hydrogen) atoms. The van der Waals surface area contributed by atoms with E-state index >= 15 is 0 Å². The molecule has 2 unspecified atom stereocenters. The fraction of sp³-hybridized carbons (Fsp3) is 0.800. The van der Waals surface area contributed by atoms with Gasteiger partial charge in [0.2, 0.25) is 15.9 Å². The smallest absolute Gasteiger partial charge is 0.248 e. The molecule has 2 aliphatic carbocycles. The molecule has 1 aliphatic heterocycles. The van der Waals surface area contributed by atoms with Crippen LogP contribution < -0.4 is 5.32 Å².